The van der Waals surface area contributed by atoms with Gasteiger partial charge >= 0.3 is 5.97 Å². The van der Waals surface area contributed by atoms with Crippen LogP contribution in [-0.2, 0) is 19.1 Å². The topological polar surface area (TPSA) is 96.3 Å². The van der Waals surface area contributed by atoms with Crippen LogP contribution in [0.1, 0.15) is 86.0 Å². The number of nitrogens with zero attached hydrogens (tertiary/aromatic N) is 1. The molecule has 39 heavy (non-hydrogen) atoms. The van der Waals surface area contributed by atoms with E-state index in [1.807, 2.05) is 25.7 Å². The molecule has 2 aliphatic heterocycles. The molecule has 0 spiro atoms. The number of carboxylic acids is 1. The van der Waals surface area contributed by atoms with Crippen LogP contribution in [-0.4, -0.2) is 69.8 Å². The van der Waals surface area contributed by atoms with E-state index in [0.717, 1.165) is 12.8 Å². The highest BCUT2D eigenvalue weighted by Gasteiger charge is 2.44. The van der Waals surface area contributed by atoms with E-state index in [4.69, 9.17) is 9.47 Å². The number of amides is 1. The molecule has 2 N–H and O–H groups in total. The largest absolute Gasteiger partial charge is 0.477 e. The van der Waals surface area contributed by atoms with Crippen LogP contribution in [0, 0.1) is 29.1 Å². The number of hydrogen-bond acceptors (Lipinski definition) is 6. The Morgan fingerprint density at radius 2 is 1.95 bits per heavy atom. The van der Waals surface area contributed by atoms with Gasteiger partial charge in [-0.3, -0.25) is 4.79 Å². The first-order valence-electron chi connectivity index (χ1n) is 14.4. The average Bonchev–Trinajstić information content (AvgIpc) is 3.53. The molecule has 2 aliphatic carbocycles. The van der Waals surface area contributed by atoms with E-state index >= 15 is 0 Å². The van der Waals surface area contributed by atoms with Crippen LogP contribution >= 0.6 is 11.8 Å². The quantitative estimate of drug-likeness (QED) is 0.329. The van der Waals surface area contributed by atoms with Gasteiger partial charge in [0, 0.05) is 36.1 Å². The summed E-state index contributed by atoms with van der Waals surface area (Å²) in [5, 5.41) is 21.2. The molecule has 0 aromatic rings. The molecule has 4 rings (SSSR count). The maximum atomic E-state index is 14.3. The van der Waals surface area contributed by atoms with Crippen LogP contribution in [0.5, 0.6) is 0 Å². The maximum absolute atomic E-state index is 14.3. The van der Waals surface area contributed by atoms with Crippen molar-refractivity contribution in [2.24, 2.45) is 17.3 Å². The average molecular weight is 560 g/mol. The van der Waals surface area contributed by atoms with E-state index in [9.17, 15) is 19.8 Å². The summed E-state index contributed by atoms with van der Waals surface area (Å²) in [6, 6.07) is -0.161. The number of aliphatic hydroxyl groups is 1. The Hall–Kier alpha value is -1.79. The van der Waals surface area contributed by atoms with Crippen LogP contribution in [0.4, 0.5) is 0 Å². The fourth-order valence-electron chi connectivity index (χ4n) is 6.09. The predicted octanol–water partition coefficient (Wildman–Crippen LogP) is 5.14. The summed E-state index contributed by atoms with van der Waals surface area (Å²) in [7, 11) is 0. The Kier molecular flexibility index (Phi) is 9.58. The molecule has 2 heterocycles. The normalized spacial score (nSPS) is 33.4. The number of hydrogen-bond donors (Lipinski definition) is 2. The molecule has 1 saturated carbocycles. The zero-order valence-corrected chi connectivity index (χ0v) is 24.9. The highest BCUT2D eigenvalue weighted by molar-refractivity contribution is 8.05. The summed E-state index contributed by atoms with van der Waals surface area (Å²) in [5.41, 5.74) is 0.762. The van der Waals surface area contributed by atoms with E-state index in [1.54, 1.807) is 0 Å². The number of rotatable bonds is 7. The lowest BCUT2D eigenvalue weighted by molar-refractivity contribution is -0.141. The molecule has 8 heteroatoms. The third-order valence-electron chi connectivity index (χ3n) is 8.33. The van der Waals surface area contributed by atoms with Crippen molar-refractivity contribution in [1.29, 1.82) is 0 Å². The number of carbonyl (C=O) groups is 2. The van der Waals surface area contributed by atoms with E-state index in [-0.39, 0.29) is 52.1 Å². The smallest absolute Gasteiger partial charge is 0.344 e. The molecule has 4 aliphatic rings. The summed E-state index contributed by atoms with van der Waals surface area (Å²) in [4.78, 5) is 28.8. The minimum atomic E-state index is -1.00. The van der Waals surface area contributed by atoms with Crippen molar-refractivity contribution in [3.05, 3.63) is 22.3 Å². The van der Waals surface area contributed by atoms with Crippen molar-refractivity contribution in [3.63, 3.8) is 0 Å². The maximum Gasteiger partial charge on any atom is 0.344 e. The minimum absolute atomic E-state index is 0.0137. The predicted molar refractivity (Wildman–Crippen MR) is 153 cm³/mol. The number of aliphatic carboxylic acids is 1. The summed E-state index contributed by atoms with van der Waals surface area (Å²) >= 11 is 1.27. The van der Waals surface area contributed by atoms with E-state index in [0.29, 0.717) is 57.4 Å². The summed E-state index contributed by atoms with van der Waals surface area (Å²) in [5.74, 6) is 5.55. The zero-order chi connectivity index (χ0) is 28.4. The third-order valence-corrected chi connectivity index (χ3v) is 9.54. The Balaban J connectivity index is 1.57. The van der Waals surface area contributed by atoms with Crippen LogP contribution < -0.4 is 0 Å². The van der Waals surface area contributed by atoms with E-state index in [2.05, 4.69) is 31.8 Å². The number of allylic oxidation sites excluding steroid dienone is 3. The molecule has 2 fully saturated rings. The van der Waals surface area contributed by atoms with Gasteiger partial charge in [-0.2, -0.15) is 0 Å². The van der Waals surface area contributed by atoms with Gasteiger partial charge in [0.2, 0.25) is 5.91 Å². The first-order valence-corrected chi connectivity index (χ1v) is 15.3. The van der Waals surface area contributed by atoms with E-state index in [1.165, 1.54) is 17.3 Å². The van der Waals surface area contributed by atoms with Gasteiger partial charge in [-0.15, -0.1) is 0 Å². The monoisotopic (exact) mass is 559 g/mol. The molecule has 7 nitrogen and oxygen atoms in total. The lowest BCUT2D eigenvalue weighted by atomic mass is 9.78. The second-order valence-corrected chi connectivity index (χ2v) is 14.2. The van der Waals surface area contributed by atoms with Crippen molar-refractivity contribution < 1.29 is 29.3 Å². The van der Waals surface area contributed by atoms with Crippen molar-refractivity contribution in [1.82, 2.24) is 4.90 Å². The lowest BCUT2D eigenvalue weighted by Crippen LogP contribution is -2.50. The van der Waals surface area contributed by atoms with Gasteiger partial charge in [0.25, 0.3) is 0 Å². The number of thioether (sulfide) groups is 1. The first-order chi connectivity index (χ1) is 18.3. The second kappa shape index (κ2) is 12.4. The summed E-state index contributed by atoms with van der Waals surface area (Å²) < 4.78 is 11.3. The molecule has 1 amide bonds. The highest BCUT2D eigenvalue weighted by atomic mass is 32.2. The van der Waals surface area contributed by atoms with Crippen molar-refractivity contribution in [2.75, 3.05) is 19.8 Å². The number of carbonyl (C=O) groups excluding carboxylic acids is 1. The van der Waals surface area contributed by atoms with Crippen molar-refractivity contribution in [2.45, 2.75) is 109 Å². The Morgan fingerprint density at radius 3 is 2.54 bits per heavy atom. The minimum Gasteiger partial charge on any atom is -0.477 e. The van der Waals surface area contributed by atoms with Gasteiger partial charge in [-0.25, -0.2) is 4.79 Å². The summed E-state index contributed by atoms with van der Waals surface area (Å²) in [6.45, 7) is 11.9. The van der Waals surface area contributed by atoms with Crippen molar-refractivity contribution in [3.8, 4) is 11.8 Å². The molecule has 0 bridgehead atoms. The highest BCUT2D eigenvalue weighted by Crippen LogP contribution is 2.44. The first kappa shape index (κ1) is 30.2. The lowest BCUT2D eigenvalue weighted by Gasteiger charge is -2.43. The summed E-state index contributed by atoms with van der Waals surface area (Å²) in [6.07, 6.45) is 7.21. The van der Waals surface area contributed by atoms with Crippen LogP contribution in [0.2, 0.25) is 0 Å². The number of ether oxygens (including phenoxy) is 2. The molecular weight excluding hydrogens is 514 g/mol. The molecule has 0 radical (unpaired) electrons. The van der Waals surface area contributed by atoms with Gasteiger partial charge in [0.05, 0.1) is 30.2 Å². The molecule has 216 valence electrons. The molecule has 0 aromatic heterocycles. The van der Waals surface area contributed by atoms with Gasteiger partial charge in [0.15, 0.2) is 0 Å². The fourth-order valence-corrected chi connectivity index (χ4v) is 7.15. The Labute approximate surface area is 237 Å². The molecule has 1 unspecified atom stereocenters. The van der Waals surface area contributed by atoms with Gasteiger partial charge in [0.1, 0.15) is 4.91 Å². The third kappa shape index (κ3) is 7.70. The fraction of sp³-hybridized carbons (Fsp3) is 0.742. The second-order valence-electron chi connectivity index (χ2n) is 12.9. The SMILES string of the molecule is CC1=CC[C@H](C(=O)N(C2=C(C(=O)O)SC(C#CC(C)(C)C)C2)C2CCC(O)(CO[C@@H]3CCOC3)CC2)[C@@H](C)C1. The standard InChI is InChI=1S/C31H45NO6S/c1-20-6-7-25(21(2)16-20)28(33)32(26-17-24(10-12-30(3,4)5)39-27(26)29(34)35)22-8-13-31(36,14-9-22)19-38-23-11-15-37-18-23/h6,21-25,36H,7-9,11,13-19H2,1-5H3,(H,34,35)/t21-,22?,23+,24?,25-,31?/m0/s1. The zero-order valence-electron chi connectivity index (χ0n) is 24.1. The van der Waals surface area contributed by atoms with E-state index < -0.39 is 11.6 Å². The van der Waals surface area contributed by atoms with Gasteiger partial charge < -0.3 is 24.6 Å². The van der Waals surface area contributed by atoms with Gasteiger partial charge in [-0.05, 0) is 78.6 Å². The molecular formula is C31H45NO6S. The molecule has 4 atom stereocenters. The Bertz CT molecular complexity index is 1050. The van der Waals surface area contributed by atoms with Crippen LogP contribution in [0.15, 0.2) is 22.3 Å². The van der Waals surface area contributed by atoms with Crippen molar-refractivity contribution >= 4 is 23.6 Å². The molecule has 0 aromatic carbocycles. The van der Waals surface area contributed by atoms with Crippen LogP contribution in [0.25, 0.3) is 0 Å². The van der Waals surface area contributed by atoms with Gasteiger partial charge in [-0.1, -0.05) is 42.2 Å². The number of carboxylic acid groups (broad SMARTS) is 1. The van der Waals surface area contributed by atoms with Crippen LogP contribution in [0.3, 0.4) is 0 Å². The molecule has 1 saturated heterocycles. The Morgan fingerprint density at radius 1 is 1.23 bits per heavy atom.